The van der Waals surface area contributed by atoms with Crippen LogP contribution in [0.4, 0.5) is 5.69 Å². The van der Waals surface area contributed by atoms with Gasteiger partial charge in [-0.3, -0.25) is 4.79 Å². The Morgan fingerprint density at radius 2 is 2.26 bits per heavy atom. The number of aliphatic carboxylic acids is 1. The first-order valence-corrected chi connectivity index (χ1v) is 5.91. The highest BCUT2D eigenvalue weighted by atomic mass is 16.5. The molecule has 1 heterocycles. The van der Waals surface area contributed by atoms with Gasteiger partial charge in [0.15, 0.2) is 0 Å². The highest BCUT2D eigenvalue weighted by Gasteiger charge is 2.21. The van der Waals surface area contributed by atoms with E-state index in [0.717, 1.165) is 5.56 Å². The first-order valence-electron chi connectivity index (χ1n) is 5.91. The lowest BCUT2D eigenvalue weighted by Gasteiger charge is -2.19. The van der Waals surface area contributed by atoms with E-state index in [4.69, 9.17) is 14.6 Å². The van der Waals surface area contributed by atoms with Crippen molar-refractivity contribution >= 4 is 17.6 Å². The van der Waals surface area contributed by atoms with Gasteiger partial charge in [0.25, 0.3) is 0 Å². The van der Waals surface area contributed by atoms with Gasteiger partial charge in [0.1, 0.15) is 5.75 Å². The van der Waals surface area contributed by atoms with E-state index in [9.17, 15) is 9.59 Å². The number of nitrogens with one attached hydrogen (secondary N) is 1. The SMILES string of the molecule is COCC(Oc1ccc2c(c1)NC(=O)CC2)C(=O)O. The number of anilines is 1. The molecule has 0 aliphatic carbocycles. The summed E-state index contributed by atoms with van der Waals surface area (Å²) in [4.78, 5) is 22.3. The molecule has 0 radical (unpaired) electrons. The molecule has 0 spiro atoms. The molecule has 1 atom stereocenters. The third-order valence-electron chi connectivity index (χ3n) is 2.85. The number of rotatable bonds is 5. The molecule has 0 bridgehead atoms. The Morgan fingerprint density at radius 3 is 2.95 bits per heavy atom. The van der Waals surface area contributed by atoms with E-state index in [0.29, 0.717) is 24.3 Å². The zero-order valence-electron chi connectivity index (χ0n) is 10.5. The lowest BCUT2D eigenvalue weighted by molar-refractivity contribution is -0.147. The average molecular weight is 265 g/mol. The molecule has 1 aromatic rings. The van der Waals surface area contributed by atoms with Crippen molar-refractivity contribution < 1.29 is 24.2 Å². The molecule has 1 amide bonds. The highest BCUT2D eigenvalue weighted by molar-refractivity contribution is 5.94. The van der Waals surface area contributed by atoms with Gasteiger partial charge < -0.3 is 19.9 Å². The maximum atomic E-state index is 11.3. The maximum Gasteiger partial charge on any atom is 0.347 e. The summed E-state index contributed by atoms with van der Waals surface area (Å²) in [6.07, 6.45) is 0.0820. The highest BCUT2D eigenvalue weighted by Crippen LogP contribution is 2.27. The number of hydrogen-bond donors (Lipinski definition) is 2. The summed E-state index contributed by atoms with van der Waals surface area (Å²) >= 11 is 0. The molecule has 2 rings (SSSR count). The molecule has 6 heteroatoms. The zero-order chi connectivity index (χ0) is 13.8. The van der Waals surface area contributed by atoms with E-state index < -0.39 is 12.1 Å². The van der Waals surface area contributed by atoms with Crippen molar-refractivity contribution in [2.45, 2.75) is 18.9 Å². The molecule has 0 fully saturated rings. The van der Waals surface area contributed by atoms with E-state index in [1.54, 1.807) is 12.1 Å². The minimum absolute atomic E-state index is 0.0429. The second-order valence-electron chi connectivity index (χ2n) is 4.27. The molecule has 6 nitrogen and oxygen atoms in total. The molecule has 2 N–H and O–H groups in total. The quantitative estimate of drug-likeness (QED) is 0.831. The summed E-state index contributed by atoms with van der Waals surface area (Å²) in [5.74, 6) is -0.745. The molecule has 0 saturated carbocycles. The minimum Gasteiger partial charge on any atom is -0.478 e. The summed E-state index contributed by atoms with van der Waals surface area (Å²) in [7, 11) is 1.41. The van der Waals surface area contributed by atoms with Crippen molar-refractivity contribution in [1.29, 1.82) is 0 Å². The van der Waals surface area contributed by atoms with Crippen molar-refractivity contribution in [2.75, 3.05) is 19.0 Å². The van der Waals surface area contributed by atoms with E-state index in [1.165, 1.54) is 7.11 Å². The second-order valence-corrected chi connectivity index (χ2v) is 4.27. The average Bonchev–Trinajstić information content (AvgIpc) is 2.37. The van der Waals surface area contributed by atoms with Crippen LogP contribution in [0.1, 0.15) is 12.0 Å². The van der Waals surface area contributed by atoms with E-state index >= 15 is 0 Å². The normalized spacial score (nSPS) is 15.3. The van der Waals surface area contributed by atoms with Gasteiger partial charge in [0.2, 0.25) is 12.0 Å². The standard InChI is InChI=1S/C13H15NO5/c1-18-7-11(13(16)17)19-9-4-2-8-3-5-12(15)14-10(8)6-9/h2,4,6,11H,3,5,7H2,1H3,(H,14,15)(H,16,17). The van der Waals surface area contributed by atoms with Crippen molar-refractivity contribution in [1.82, 2.24) is 0 Å². The fourth-order valence-corrected chi connectivity index (χ4v) is 1.90. The van der Waals surface area contributed by atoms with Gasteiger partial charge in [-0.15, -0.1) is 0 Å². The number of carboxylic acid groups (broad SMARTS) is 1. The zero-order valence-corrected chi connectivity index (χ0v) is 10.5. The first-order chi connectivity index (χ1) is 9.10. The fourth-order valence-electron chi connectivity index (χ4n) is 1.90. The predicted octanol–water partition coefficient (Wildman–Crippen LogP) is 1.05. The molecule has 1 aliphatic rings. The van der Waals surface area contributed by atoms with Gasteiger partial charge in [-0.25, -0.2) is 4.79 Å². The van der Waals surface area contributed by atoms with Crippen molar-refractivity contribution in [3.63, 3.8) is 0 Å². The first kappa shape index (κ1) is 13.4. The van der Waals surface area contributed by atoms with Gasteiger partial charge in [0, 0.05) is 25.3 Å². The van der Waals surface area contributed by atoms with Crippen LogP contribution in [0, 0.1) is 0 Å². The molecule has 102 valence electrons. The summed E-state index contributed by atoms with van der Waals surface area (Å²) in [6, 6.07) is 5.16. The Bertz CT molecular complexity index is 500. The van der Waals surface area contributed by atoms with Gasteiger partial charge in [-0.1, -0.05) is 6.07 Å². The molecular formula is C13H15NO5. The predicted molar refractivity (Wildman–Crippen MR) is 67.3 cm³/mol. The number of amides is 1. The summed E-state index contributed by atoms with van der Waals surface area (Å²) in [6.45, 7) is -0.0429. The molecule has 1 aromatic carbocycles. The lowest BCUT2D eigenvalue weighted by atomic mass is 10.0. The number of carbonyl (C=O) groups is 2. The lowest BCUT2D eigenvalue weighted by Crippen LogP contribution is -2.31. The molecule has 19 heavy (non-hydrogen) atoms. The Balaban J connectivity index is 2.15. The number of hydrogen-bond acceptors (Lipinski definition) is 4. The van der Waals surface area contributed by atoms with Crippen LogP contribution >= 0.6 is 0 Å². The second kappa shape index (κ2) is 5.71. The molecule has 1 aliphatic heterocycles. The summed E-state index contributed by atoms with van der Waals surface area (Å²) in [5, 5.41) is 11.7. The van der Waals surface area contributed by atoms with Crippen LogP contribution in [-0.4, -0.2) is 36.8 Å². The topological polar surface area (TPSA) is 84.9 Å². The third kappa shape index (κ3) is 3.23. The Hall–Kier alpha value is -2.08. The van der Waals surface area contributed by atoms with Crippen LogP contribution < -0.4 is 10.1 Å². The summed E-state index contributed by atoms with van der Waals surface area (Å²) < 4.78 is 10.1. The number of benzene rings is 1. The fraction of sp³-hybridized carbons (Fsp3) is 0.385. The number of methoxy groups -OCH3 is 1. The molecular weight excluding hydrogens is 250 g/mol. The van der Waals surface area contributed by atoms with Gasteiger partial charge >= 0.3 is 5.97 Å². The summed E-state index contributed by atoms with van der Waals surface area (Å²) in [5.41, 5.74) is 1.70. The van der Waals surface area contributed by atoms with E-state index in [1.807, 2.05) is 6.07 Å². The van der Waals surface area contributed by atoms with Crippen molar-refractivity contribution in [3.8, 4) is 5.75 Å². The van der Waals surface area contributed by atoms with Crippen molar-refractivity contribution in [2.24, 2.45) is 0 Å². The number of aryl methyl sites for hydroxylation is 1. The Kier molecular flexibility index (Phi) is 4.01. The Morgan fingerprint density at radius 1 is 1.47 bits per heavy atom. The van der Waals surface area contributed by atoms with Gasteiger partial charge in [-0.2, -0.15) is 0 Å². The van der Waals surface area contributed by atoms with Crippen LogP contribution in [0.5, 0.6) is 5.75 Å². The van der Waals surface area contributed by atoms with E-state index in [-0.39, 0.29) is 12.5 Å². The van der Waals surface area contributed by atoms with Crippen LogP contribution in [0.25, 0.3) is 0 Å². The maximum absolute atomic E-state index is 11.3. The number of fused-ring (bicyclic) bond motifs is 1. The smallest absolute Gasteiger partial charge is 0.347 e. The van der Waals surface area contributed by atoms with Gasteiger partial charge in [-0.05, 0) is 18.1 Å². The molecule has 1 unspecified atom stereocenters. The van der Waals surface area contributed by atoms with Crippen LogP contribution in [0.2, 0.25) is 0 Å². The number of ether oxygens (including phenoxy) is 2. The van der Waals surface area contributed by atoms with Crippen molar-refractivity contribution in [3.05, 3.63) is 23.8 Å². The largest absolute Gasteiger partial charge is 0.478 e. The van der Waals surface area contributed by atoms with Crippen LogP contribution in [-0.2, 0) is 20.7 Å². The Labute approximate surface area is 110 Å². The number of carbonyl (C=O) groups excluding carboxylic acids is 1. The van der Waals surface area contributed by atoms with Crippen LogP contribution in [0.15, 0.2) is 18.2 Å². The van der Waals surface area contributed by atoms with E-state index in [2.05, 4.69) is 5.32 Å². The monoisotopic (exact) mass is 265 g/mol. The third-order valence-corrected chi connectivity index (χ3v) is 2.85. The molecule has 0 aromatic heterocycles. The molecule has 0 saturated heterocycles. The van der Waals surface area contributed by atoms with Crippen LogP contribution in [0.3, 0.4) is 0 Å². The minimum atomic E-state index is -1.09. The number of carboxylic acids is 1. The van der Waals surface area contributed by atoms with Gasteiger partial charge in [0.05, 0.1) is 6.61 Å².